The third-order valence-corrected chi connectivity index (χ3v) is 3.03. The fraction of sp³-hybridized carbons (Fsp3) is 0.467. The highest BCUT2D eigenvalue weighted by Crippen LogP contribution is 2.33. The van der Waals surface area contributed by atoms with E-state index in [1.165, 1.54) is 6.07 Å². The summed E-state index contributed by atoms with van der Waals surface area (Å²) in [7, 11) is 0. The highest BCUT2D eigenvalue weighted by Gasteiger charge is 2.18. The van der Waals surface area contributed by atoms with Crippen LogP contribution in [-0.2, 0) is 6.54 Å². The van der Waals surface area contributed by atoms with E-state index in [0.29, 0.717) is 24.1 Å². The summed E-state index contributed by atoms with van der Waals surface area (Å²) in [4.78, 5) is 0. The maximum atomic E-state index is 13.7. The van der Waals surface area contributed by atoms with Gasteiger partial charge in [-0.15, -0.1) is 0 Å². The number of para-hydroxylation sites is 1. The van der Waals surface area contributed by atoms with Gasteiger partial charge < -0.3 is 9.73 Å². The maximum absolute atomic E-state index is 13.7. The van der Waals surface area contributed by atoms with Gasteiger partial charge in [-0.2, -0.15) is 0 Å². The Labute approximate surface area is 107 Å². The molecule has 98 valence electrons. The van der Waals surface area contributed by atoms with Crippen LogP contribution in [0.1, 0.15) is 44.9 Å². The van der Waals surface area contributed by atoms with Crippen LogP contribution in [0.2, 0.25) is 0 Å². The zero-order valence-electron chi connectivity index (χ0n) is 11.4. The first-order valence-electron chi connectivity index (χ1n) is 6.44. The lowest BCUT2D eigenvalue weighted by Crippen LogP contribution is -2.22. The molecule has 1 N–H and O–H groups in total. The summed E-state index contributed by atoms with van der Waals surface area (Å²) in [6.07, 6.45) is 0. The first-order chi connectivity index (χ1) is 8.50. The minimum absolute atomic E-state index is 0.287. The van der Waals surface area contributed by atoms with Crippen molar-refractivity contribution in [1.82, 2.24) is 5.32 Å². The van der Waals surface area contributed by atoms with Crippen LogP contribution < -0.4 is 5.32 Å². The van der Waals surface area contributed by atoms with Crippen molar-refractivity contribution in [3.63, 3.8) is 0 Å². The van der Waals surface area contributed by atoms with Crippen LogP contribution in [0.15, 0.2) is 22.6 Å². The first kappa shape index (κ1) is 13.1. The standard InChI is InChI=1S/C15H20FNO/c1-9(2)14-11-6-5-7-12(16)15(11)18-13(14)8-17-10(3)4/h5-7,9-10,17H,8H2,1-4H3. The van der Waals surface area contributed by atoms with Crippen molar-refractivity contribution < 1.29 is 8.81 Å². The van der Waals surface area contributed by atoms with Gasteiger partial charge >= 0.3 is 0 Å². The van der Waals surface area contributed by atoms with Crippen LogP contribution >= 0.6 is 0 Å². The normalized spacial score (nSPS) is 11.9. The van der Waals surface area contributed by atoms with E-state index in [-0.39, 0.29) is 5.82 Å². The van der Waals surface area contributed by atoms with E-state index in [2.05, 4.69) is 33.0 Å². The van der Waals surface area contributed by atoms with Gasteiger partial charge in [0.25, 0.3) is 0 Å². The summed E-state index contributed by atoms with van der Waals surface area (Å²) in [5.41, 5.74) is 1.49. The molecule has 3 heteroatoms. The molecule has 0 saturated carbocycles. The molecular weight excluding hydrogens is 229 g/mol. The number of furan rings is 1. The average Bonchev–Trinajstić information content (AvgIpc) is 2.66. The summed E-state index contributed by atoms with van der Waals surface area (Å²) in [6, 6.07) is 5.48. The number of benzene rings is 1. The Morgan fingerprint density at radius 3 is 2.56 bits per heavy atom. The SMILES string of the molecule is CC(C)NCc1oc2c(F)cccc2c1C(C)C. The van der Waals surface area contributed by atoms with E-state index in [4.69, 9.17) is 4.42 Å². The van der Waals surface area contributed by atoms with Crippen molar-refractivity contribution in [2.24, 2.45) is 0 Å². The smallest absolute Gasteiger partial charge is 0.170 e. The number of nitrogens with one attached hydrogen (secondary N) is 1. The van der Waals surface area contributed by atoms with E-state index in [0.717, 1.165) is 16.7 Å². The van der Waals surface area contributed by atoms with E-state index in [1.807, 2.05) is 6.07 Å². The summed E-state index contributed by atoms with van der Waals surface area (Å²) in [5.74, 6) is 0.876. The molecule has 1 heterocycles. The molecular formula is C15H20FNO. The van der Waals surface area contributed by atoms with Crippen LogP contribution in [-0.4, -0.2) is 6.04 Å². The van der Waals surface area contributed by atoms with Gasteiger partial charge in [0.05, 0.1) is 6.54 Å². The molecule has 2 rings (SSSR count). The Hall–Kier alpha value is -1.35. The van der Waals surface area contributed by atoms with Gasteiger partial charge in [0, 0.05) is 17.0 Å². The van der Waals surface area contributed by atoms with Gasteiger partial charge in [-0.05, 0) is 12.0 Å². The minimum Gasteiger partial charge on any atom is -0.456 e. The van der Waals surface area contributed by atoms with Crippen LogP contribution in [0, 0.1) is 5.82 Å². The Balaban J connectivity index is 2.51. The highest BCUT2D eigenvalue weighted by molar-refractivity contribution is 5.83. The first-order valence-corrected chi connectivity index (χ1v) is 6.44. The Morgan fingerprint density at radius 2 is 1.94 bits per heavy atom. The monoisotopic (exact) mass is 249 g/mol. The molecule has 0 amide bonds. The Morgan fingerprint density at radius 1 is 1.22 bits per heavy atom. The number of halogens is 1. The maximum Gasteiger partial charge on any atom is 0.170 e. The summed E-state index contributed by atoms with van der Waals surface area (Å²) in [6.45, 7) is 9.01. The van der Waals surface area contributed by atoms with Gasteiger partial charge in [0.1, 0.15) is 5.76 Å². The van der Waals surface area contributed by atoms with Crippen molar-refractivity contribution in [3.05, 3.63) is 35.3 Å². The summed E-state index contributed by atoms with van der Waals surface area (Å²) < 4.78 is 19.4. The number of fused-ring (bicyclic) bond motifs is 1. The highest BCUT2D eigenvalue weighted by atomic mass is 19.1. The molecule has 0 aliphatic heterocycles. The fourth-order valence-corrected chi connectivity index (χ4v) is 2.21. The Bertz CT molecular complexity index is 543. The van der Waals surface area contributed by atoms with E-state index in [1.54, 1.807) is 6.07 Å². The van der Waals surface area contributed by atoms with Gasteiger partial charge in [-0.3, -0.25) is 0 Å². The molecule has 0 unspecified atom stereocenters. The van der Waals surface area contributed by atoms with E-state index < -0.39 is 0 Å². The molecule has 0 radical (unpaired) electrons. The van der Waals surface area contributed by atoms with E-state index >= 15 is 0 Å². The Kier molecular flexibility index (Phi) is 3.71. The molecule has 0 aliphatic carbocycles. The molecule has 0 atom stereocenters. The van der Waals surface area contributed by atoms with Crippen molar-refractivity contribution in [3.8, 4) is 0 Å². The molecule has 18 heavy (non-hydrogen) atoms. The van der Waals surface area contributed by atoms with Crippen LogP contribution in [0.5, 0.6) is 0 Å². The molecule has 1 aromatic carbocycles. The zero-order chi connectivity index (χ0) is 13.3. The number of rotatable bonds is 4. The summed E-state index contributed by atoms with van der Waals surface area (Å²) in [5, 5.41) is 4.22. The second-order valence-electron chi connectivity index (χ2n) is 5.25. The van der Waals surface area contributed by atoms with Crippen molar-refractivity contribution in [2.45, 2.75) is 46.2 Å². The number of hydrogen-bond acceptors (Lipinski definition) is 2. The van der Waals surface area contributed by atoms with Crippen molar-refractivity contribution in [1.29, 1.82) is 0 Å². The third kappa shape index (κ3) is 2.41. The second kappa shape index (κ2) is 5.11. The second-order valence-corrected chi connectivity index (χ2v) is 5.25. The molecule has 1 aromatic heterocycles. The van der Waals surface area contributed by atoms with Crippen molar-refractivity contribution >= 4 is 11.0 Å². The summed E-state index contributed by atoms with van der Waals surface area (Å²) >= 11 is 0. The van der Waals surface area contributed by atoms with Crippen LogP contribution in [0.4, 0.5) is 4.39 Å². The zero-order valence-corrected chi connectivity index (χ0v) is 11.4. The predicted molar refractivity (Wildman–Crippen MR) is 72.2 cm³/mol. The largest absolute Gasteiger partial charge is 0.456 e. The van der Waals surface area contributed by atoms with Gasteiger partial charge in [-0.25, -0.2) is 4.39 Å². The predicted octanol–water partition coefficient (Wildman–Crippen LogP) is 4.19. The van der Waals surface area contributed by atoms with Gasteiger partial charge in [0.15, 0.2) is 11.4 Å². The third-order valence-electron chi connectivity index (χ3n) is 3.03. The fourth-order valence-electron chi connectivity index (χ4n) is 2.21. The minimum atomic E-state index is -0.287. The van der Waals surface area contributed by atoms with Gasteiger partial charge in [-0.1, -0.05) is 39.8 Å². The molecule has 2 nitrogen and oxygen atoms in total. The van der Waals surface area contributed by atoms with E-state index in [9.17, 15) is 4.39 Å². The van der Waals surface area contributed by atoms with Crippen molar-refractivity contribution in [2.75, 3.05) is 0 Å². The topological polar surface area (TPSA) is 25.2 Å². The molecule has 0 spiro atoms. The lowest BCUT2D eigenvalue weighted by atomic mass is 9.99. The van der Waals surface area contributed by atoms with Crippen LogP contribution in [0.3, 0.4) is 0 Å². The quantitative estimate of drug-likeness (QED) is 0.878. The lowest BCUT2D eigenvalue weighted by Gasteiger charge is -2.09. The molecule has 0 aliphatic rings. The lowest BCUT2D eigenvalue weighted by molar-refractivity contribution is 0.469. The molecule has 0 saturated heterocycles. The molecule has 0 bridgehead atoms. The van der Waals surface area contributed by atoms with Gasteiger partial charge in [0.2, 0.25) is 0 Å². The molecule has 0 fully saturated rings. The van der Waals surface area contributed by atoms with Crippen LogP contribution in [0.25, 0.3) is 11.0 Å². The molecule has 2 aromatic rings. The average molecular weight is 249 g/mol. The number of hydrogen-bond donors (Lipinski definition) is 1.